The number of halogens is 1. The van der Waals surface area contributed by atoms with Crippen molar-refractivity contribution in [2.75, 3.05) is 5.32 Å². The standard InChI is InChI=1S/C10H9FN6/c1-6(10-14-16-17-15-10)13-9-4-2-3-8(11)7(9)5-12/h2-4,6,13H,1H3,(H,14,15,16,17). The predicted molar refractivity (Wildman–Crippen MR) is 57.3 cm³/mol. The molecular weight excluding hydrogens is 223 g/mol. The number of H-pyrrole nitrogens is 1. The number of hydrogen-bond acceptors (Lipinski definition) is 5. The summed E-state index contributed by atoms with van der Waals surface area (Å²) >= 11 is 0. The Morgan fingerprint density at radius 1 is 1.53 bits per heavy atom. The van der Waals surface area contributed by atoms with Gasteiger partial charge in [-0.25, -0.2) is 4.39 Å². The van der Waals surface area contributed by atoms with E-state index in [2.05, 4.69) is 25.9 Å². The van der Waals surface area contributed by atoms with Crippen LogP contribution in [0.4, 0.5) is 10.1 Å². The first kappa shape index (κ1) is 11.0. The molecule has 1 unspecified atom stereocenters. The molecule has 7 heteroatoms. The van der Waals surface area contributed by atoms with Crippen LogP contribution in [0.2, 0.25) is 0 Å². The molecule has 0 spiro atoms. The summed E-state index contributed by atoms with van der Waals surface area (Å²) in [7, 11) is 0. The van der Waals surface area contributed by atoms with E-state index in [4.69, 9.17) is 5.26 Å². The lowest BCUT2D eigenvalue weighted by molar-refractivity contribution is 0.624. The summed E-state index contributed by atoms with van der Waals surface area (Å²) in [4.78, 5) is 0. The zero-order valence-corrected chi connectivity index (χ0v) is 8.98. The van der Waals surface area contributed by atoms with E-state index in [0.717, 1.165) is 0 Å². The molecule has 2 N–H and O–H groups in total. The molecule has 0 aliphatic rings. The van der Waals surface area contributed by atoms with E-state index in [0.29, 0.717) is 11.5 Å². The van der Waals surface area contributed by atoms with Crippen LogP contribution < -0.4 is 5.32 Å². The topological polar surface area (TPSA) is 90.3 Å². The molecular formula is C10H9FN6. The van der Waals surface area contributed by atoms with Crippen molar-refractivity contribution in [1.82, 2.24) is 20.6 Å². The zero-order chi connectivity index (χ0) is 12.3. The average molecular weight is 232 g/mol. The van der Waals surface area contributed by atoms with Crippen LogP contribution in [0.15, 0.2) is 18.2 Å². The van der Waals surface area contributed by atoms with E-state index in [1.807, 2.05) is 6.07 Å². The lowest BCUT2D eigenvalue weighted by atomic mass is 10.1. The minimum Gasteiger partial charge on any atom is -0.374 e. The number of tetrazole rings is 1. The van der Waals surface area contributed by atoms with Gasteiger partial charge in [-0.2, -0.15) is 10.5 Å². The Hall–Kier alpha value is -2.49. The first-order valence-electron chi connectivity index (χ1n) is 4.91. The van der Waals surface area contributed by atoms with Crippen molar-refractivity contribution in [3.8, 4) is 6.07 Å². The Morgan fingerprint density at radius 2 is 2.35 bits per heavy atom. The number of aromatic nitrogens is 4. The van der Waals surface area contributed by atoms with Gasteiger partial charge in [0.25, 0.3) is 0 Å². The molecule has 1 heterocycles. The molecule has 1 aromatic carbocycles. The minimum atomic E-state index is -0.558. The molecule has 0 saturated heterocycles. The second kappa shape index (κ2) is 4.57. The van der Waals surface area contributed by atoms with Crippen LogP contribution >= 0.6 is 0 Å². The van der Waals surface area contributed by atoms with Crippen LogP contribution in [0, 0.1) is 17.1 Å². The lowest BCUT2D eigenvalue weighted by Crippen LogP contribution is -2.10. The normalized spacial score (nSPS) is 11.8. The van der Waals surface area contributed by atoms with E-state index >= 15 is 0 Å². The van der Waals surface area contributed by atoms with Crippen molar-refractivity contribution in [2.24, 2.45) is 0 Å². The summed E-state index contributed by atoms with van der Waals surface area (Å²) in [5.41, 5.74) is 0.382. The van der Waals surface area contributed by atoms with Crippen LogP contribution in [0.5, 0.6) is 0 Å². The Kier molecular flexibility index (Phi) is 2.96. The van der Waals surface area contributed by atoms with E-state index in [9.17, 15) is 4.39 Å². The third-order valence-corrected chi connectivity index (χ3v) is 2.25. The summed E-state index contributed by atoms with van der Waals surface area (Å²) in [5, 5.41) is 25.2. The monoisotopic (exact) mass is 232 g/mol. The zero-order valence-electron chi connectivity index (χ0n) is 8.98. The van der Waals surface area contributed by atoms with E-state index in [1.165, 1.54) is 12.1 Å². The third-order valence-electron chi connectivity index (χ3n) is 2.25. The van der Waals surface area contributed by atoms with Gasteiger partial charge in [0.15, 0.2) is 5.82 Å². The summed E-state index contributed by atoms with van der Waals surface area (Å²) in [6.45, 7) is 1.79. The molecule has 86 valence electrons. The fraction of sp³-hybridized carbons (Fsp3) is 0.200. The number of hydrogen-bond donors (Lipinski definition) is 2. The Morgan fingerprint density at radius 3 is 3.00 bits per heavy atom. The van der Waals surface area contributed by atoms with Crippen LogP contribution in [0.3, 0.4) is 0 Å². The van der Waals surface area contributed by atoms with Gasteiger partial charge >= 0.3 is 0 Å². The molecule has 0 fully saturated rings. The number of rotatable bonds is 3. The van der Waals surface area contributed by atoms with Crippen LogP contribution in [-0.4, -0.2) is 20.6 Å². The molecule has 0 aliphatic carbocycles. The fourth-order valence-corrected chi connectivity index (χ4v) is 1.41. The maximum Gasteiger partial charge on any atom is 0.196 e. The molecule has 0 saturated carbocycles. The van der Waals surface area contributed by atoms with Gasteiger partial charge in [-0.05, 0) is 19.1 Å². The first-order chi connectivity index (χ1) is 8.22. The first-order valence-corrected chi connectivity index (χ1v) is 4.91. The van der Waals surface area contributed by atoms with Crippen molar-refractivity contribution in [3.05, 3.63) is 35.4 Å². The molecule has 1 aromatic heterocycles. The fourth-order valence-electron chi connectivity index (χ4n) is 1.41. The van der Waals surface area contributed by atoms with Gasteiger partial charge in [0, 0.05) is 0 Å². The van der Waals surface area contributed by atoms with Gasteiger partial charge in [0.05, 0.1) is 11.7 Å². The summed E-state index contributed by atoms with van der Waals surface area (Å²) < 4.78 is 13.3. The highest BCUT2D eigenvalue weighted by Crippen LogP contribution is 2.21. The van der Waals surface area contributed by atoms with E-state index in [1.54, 1.807) is 13.0 Å². The molecule has 6 nitrogen and oxygen atoms in total. The molecule has 2 aromatic rings. The Labute approximate surface area is 96.5 Å². The van der Waals surface area contributed by atoms with Gasteiger partial charge in [-0.3, -0.25) is 0 Å². The number of benzene rings is 1. The molecule has 0 aliphatic heterocycles. The van der Waals surface area contributed by atoms with Crippen LogP contribution in [-0.2, 0) is 0 Å². The summed E-state index contributed by atoms with van der Waals surface area (Å²) in [6, 6.07) is 5.93. The van der Waals surface area contributed by atoms with Gasteiger partial charge in [-0.15, -0.1) is 10.2 Å². The van der Waals surface area contributed by atoms with Crippen LogP contribution in [0.25, 0.3) is 0 Å². The quantitative estimate of drug-likeness (QED) is 0.834. The van der Waals surface area contributed by atoms with Gasteiger partial charge in [0.2, 0.25) is 0 Å². The summed E-state index contributed by atoms with van der Waals surface area (Å²) in [5.74, 6) is -0.115. The SMILES string of the molecule is CC(Nc1cccc(F)c1C#N)c1nn[nH]n1. The van der Waals surface area contributed by atoms with E-state index < -0.39 is 5.82 Å². The molecule has 0 amide bonds. The second-order valence-electron chi connectivity index (χ2n) is 3.41. The largest absolute Gasteiger partial charge is 0.374 e. The lowest BCUT2D eigenvalue weighted by Gasteiger charge is -2.12. The van der Waals surface area contributed by atoms with Gasteiger partial charge in [-0.1, -0.05) is 11.3 Å². The highest BCUT2D eigenvalue weighted by atomic mass is 19.1. The highest BCUT2D eigenvalue weighted by Gasteiger charge is 2.13. The number of nitrogens with one attached hydrogen (secondary N) is 2. The maximum absolute atomic E-state index is 13.3. The molecule has 17 heavy (non-hydrogen) atoms. The maximum atomic E-state index is 13.3. The smallest absolute Gasteiger partial charge is 0.196 e. The number of anilines is 1. The molecule has 2 rings (SSSR count). The third kappa shape index (κ3) is 2.20. The van der Waals surface area contributed by atoms with Crippen molar-refractivity contribution in [3.63, 3.8) is 0 Å². The number of nitrogens with zero attached hydrogens (tertiary/aromatic N) is 4. The van der Waals surface area contributed by atoms with Gasteiger partial charge in [0.1, 0.15) is 17.4 Å². The number of aromatic amines is 1. The van der Waals surface area contributed by atoms with Crippen molar-refractivity contribution in [2.45, 2.75) is 13.0 Å². The second-order valence-corrected chi connectivity index (χ2v) is 3.41. The Balaban J connectivity index is 2.25. The number of nitriles is 1. The van der Waals surface area contributed by atoms with Gasteiger partial charge < -0.3 is 5.32 Å². The highest BCUT2D eigenvalue weighted by molar-refractivity contribution is 5.58. The minimum absolute atomic E-state index is 0.0251. The molecule has 1 atom stereocenters. The van der Waals surface area contributed by atoms with Crippen molar-refractivity contribution in [1.29, 1.82) is 5.26 Å². The Bertz CT molecular complexity index is 544. The van der Waals surface area contributed by atoms with Crippen molar-refractivity contribution >= 4 is 5.69 Å². The van der Waals surface area contributed by atoms with Crippen LogP contribution in [0.1, 0.15) is 24.4 Å². The predicted octanol–water partition coefficient (Wildman–Crippen LogP) is 1.38. The molecule has 0 radical (unpaired) electrons. The van der Waals surface area contributed by atoms with Crippen molar-refractivity contribution < 1.29 is 4.39 Å². The summed E-state index contributed by atoms with van der Waals surface area (Å²) in [6.07, 6.45) is 0. The molecule has 0 bridgehead atoms. The average Bonchev–Trinajstić information content (AvgIpc) is 2.82. The van der Waals surface area contributed by atoms with E-state index in [-0.39, 0.29) is 11.6 Å².